The molecular weight excluding hydrogens is 204 g/mol. The molecule has 0 bridgehead atoms. The Morgan fingerprint density at radius 1 is 1.36 bits per heavy atom. The highest BCUT2D eigenvalue weighted by Crippen LogP contribution is 2.18. The van der Waals surface area contributed by atoms with Gasteiger partial charge in [-0.25, -0.2) is 0 Å². The zero-order valence-corrected chi connectivity index (χ0v) is 7.17. The Morgan fingerprint density at radius 3 is 2.09 bits per heavy atom. The highest BCUT2D eigenvalue weighted by molar-refractivity contribution is 6.29. The zero-order valence-electron chi connectivity index (χ0n) is 5.66. The van der Waals surface area contributed by atoms with E-state index in [1.165, 1.54) is 6.92 Å². The van der Waals surface area contributed by atoms with Crippen LogP contribution in [0.15, 0.2) is 0 Å². The molecule has 0 radical (unpaired) electrons. The first-order valence-corrected chi connectivity index (χ1v) is 3.66. The van der Waals surface area contributed by atoms with E-state index in [0.29, 0.717) is 0 Å². The van der Waals surface area contributed by atoms with Gasteiger partial charge < -0.3 is 4.74 Å². The van der Waals surface area contributed by atoms with Crippen molar-refractivity contribution in [3.05, 3.63) is 0 Å². The number of ether oxygens (including phenoxy) is 1. The van der Waals surface area contributed by atoms with Crippen LogP contribution >= 0.6 is 23.2 Å². The topological polar surface area (TPSA) is 9.23 Å². The summed E-state index contributed by atoms with van der Waals surface area (Å²) < 4.78 is 38.5. The lowest BCUT2D eigenvalue weighted by Crippen LogP contribution is -2.24. The molecule has 0 aliphatic rings. The summed E-state index contributed by atoms with van der Waals surface area (Å²) in [6.45, 7) is 0.0911. The van der Waals surface area contributed by atoms with Gasteiger partial charge in [0.1, 0.15) is 12.2 Å². The fraction of sp³-hybridized carbons (Fsp3) is 1.00. The van der Waals surface area contributed by atoms with E-state index < -0.39 is 23.7 Å². The summed E-state index contributed by atoms with van der Waals surface area (Å²) in [5, 5.41) is -0.640. The molecule has 11 heavy (non-hydrogen) atoms. The van der Waals surface area contributed by atoms with Gasteiger partial charge in [-0.2, -0.15) is 13.2 Å². The fourth-order valence-electron chi connectivity index (χ4n) is 0.307. The Labute approximate surface area is 72.4 Å². The number of alkyl halides is 5. The second-order valence-electron chi connectivity index (χ2n) is 1.95. The average Bonchev–Trinajstić information content (AvgIpc) is 1.80. The predicted octanol–water partition coefficient (Wildman–Crippen LogP) is 2.76. The molecule has 6 heteroatoms. The lowest BCUT2D eigenvalue weighted by molar-refractivity contribution is -0.177. The second-order valence-corrected chi connectivity index (χ2v) is 3.07. The number of hydrogen-bond donors (Lipinski definition) is 0. The maximum absolute atomic E-state index is 11.5. The standard InChI is InChI=1S/C5H7Cl2F3O/c1-3(6)4(7)11-2-5(8,9)10/h3-4H,2H2,1H3. The minimum absolute atomic E-state index is 0.640. The van der Waals surface area contributed by atoms with Crippen molar-refractivity contribution in [2.45, 2.75) is 24.0 Å². The van der Waals surface area contributed by atoms with E-state index >= 15 is 0 Å². The lowest BCUT2D eigenvalue weighted by Gasteiger charge is -2.13. The van der Waals surface area contributed by atoms with Crippen molar-refractivity contribution in [2.75, 3.05) is 6.61 Å². The highest BCUT2D eigenvalue weighted by atomic mass is 35.5. The summed E-state index contributed by atoms with van der Waals surface area (Å²) in [6.07, 6.45) is -4.35. The fourth-order valence-corrected chi connectivity index (χ4v) is 0.442. The minimum atomic E-state index is -4.35. The van der Waals surface area contributed by atoms with Gasteiger partial charge in [-0.05, 0) is 6.92 Å². The largest absolute Gasteiger partial charge is 0.411 e. The smallest absolute Gasteiger partial charge is 0.352 e. The van der Waals surface area contributed by atoms with Crippen molar-refractivity contribution in [1.82, 2.24) is 0 Å². The lowest BCUT2D eigenvalue weighted by atomic mass is 10.5. The maximum Gasteiger partial charge on any atom is 0.411 e. The van der Waals surface area contributed by atoms with Crippen LogP contribution in [0.2, 0.25) is 0 Å². The Balaban J connectivity index is 3.54. The van der Waals surface area contributed by atoms with Crippen molar-refractivity contribution < 1.29 is 17.9 Å². The van der Waals surface area contributed by atoms with E-state index in [0.717, 1.165) is 0 Å². The molecule has 2 atom stereocenters. The second kappa shape index (κ2) is 4.38. The van der Waals surface area contributed by atoms with Gasteiger partial charge in [-0.1, -0.05) is 11.6 Å². The van der Waals surface area contributed by atoms with Crippen LogP contribution in [0.3, 0.4) is 0 Å². The molecule has 0 amide bonds. The van der Waals surface area contributed by atoms with Gasteiger partial charge in [-0.3, -0.25) is 0 Å². The molecule has 0 aromatic carbocycles. The molecule has 0 heterocycles. The quantitative estimate of drug-likeness (QED) is 0.652. The van der Waals surface area contributed by atoms with Gasteiger partial charge in [0.25, 0.3) is 0 Å². The Kier molecular flexibility index (Phi) is 4.51. The van der Waals surface area contributed by atoms with Crippen LogP contribution in [0, 0.1) is 0 Å². The molecule has 0 fully saturated rings. The van der Waals surface area contributed by atoms with Gasteiger partial charge >= 0.3 is 6.18 Å². The molecule has 0 aliphatic carbocycles. The summed E-state index contributed by atoms with van der Waals surface area (Å²) >= 11 is 10.6. The van der Waals surface area contributed by atoms with Crippen LogP contribution < -0.4 is 0 Å². The van der Waals surface area contributed by atoms with E-state index in [9.17, 15) is 13.2 Å². The van der Waals surface area contributed by atoms with Gasteiger partial charge in [0.15, 0.2) is 0 Å². The third-order valence-electron chi connectivity index (χ3n) is 0.767. The molecule has 0 spiro atoms. The van der Waals surface area contributed by atoms with E-state index in [-0.39, 0.29) is 0 Å². The van der Waals surface area contributed by atoms with Crippen LogP contribution in [0.4, 0.5) is 13.2 Å². The van der Waals surface area contributed by atoms with Gasteiger partial charge in [0.05, 0.1) is 5.38 Å². The van der Waals surface area contributed by atoms with Crippen molar-refractivity contribution in [3.8, 4) is 0 Å². The summed E-state index contributed by atoms with van der Waals surface area (Å²) in [4.78, 5) is 0. The normalized spacial score (nSPS) is 18.0. The monoisotopic (exact) mass is 210 g/mol. The van der Waals surface area contributed by atoms with Gasteiger partial charge in [0.2, 0.25) is 0 Å². The van der Waals surface area contributed by atoms with Crippen LogP contribution in [0.1, 0.15) is 6.92 Å². The predicted molar refractivity (Wildman–Crippen MR) is 37.0 cm³/mol. The van der Waals surface area contributed by atoms with Crippen LogP contribution in [0.25, 0.3) is 0 Å². The molecule has 2 unspecified atom stereocenters. The Bertz CT molecular complexity index is 115. The average molecular weight is 211 g/mol. The SMILES string of the molecule is CC(Cl)C(Cl)OCC(F)(F)F. The van der Waals surface area contributed by atoms with Crippen molar-refractivity contribution >= 4 is 23.2 Å². The summed E-state index contributed by atoms with van der Waals surface area (Å²) in [5.74, 6) is 0. The van der Waals surface area contributed by atoms with Crippen LogP contribution in [-0.2, 0) is 4.74 Å². The molecule has 0 aromatic heterocycles. The number of rotatable bonds is 3. The zero-order chi connectivity index (χ0) is 9.07. The third kappa shape index (κ3) is 6.72. The van der Waals surface area contributed by atoms with Crippen molar-refractivity contribution in [1.29, 1.82) is 0 Å². The minimum Gasteiger partial charge on any atom is -0.352 e. The van der Waals surface area contributed by atoms with E-state index in [4.69, 9.17) is 23.2 Å². The van der Waals surface area contributed by atoms with E-state index in [2.05, 4.69) is 4.74 Å². The summed E-state index contributed by atoms with van der Waals surface area (Å²) in [7, 11) is 0. The maximum atomic E-state index is 11.5. The Hall–Kier alpha value is 0.330. The number of hydrogen-bond acceptors (Lipinski definition) is 1. The molecule has 0 aliphatic heterocycles. The van der Waals surface area contributed by atoms with Crippen LogP contribution in [-0.4, -0.2) is 23.7 Å². The highest BCUT2D eigenvalue weighted by Gasteiger charge is 2.29. The third-order valence-corrected chi connectivity index (χ3v) is 1.63. The first kappa shape index (κ1) is 11.3. The van der Waals surface area contributed by atoms with Crippen LogP contribution in [0.5, 0.6) is 0 Å². The van der Waals surface area contributed by atoms with E-state index in [1.807, 2.05) is 0 Å². The van der Waals surface area contributed by atoms with Crippen molar-refractivity contribution in [2.24, 2.45) is 0 Å². The van der Waals surface area contributed by atoms with Gasteiger partial charge in [-0.15, -0.1) is 11.6 Å². The molecule has 0 saturated carbocycles. The first-order chi connectivity index (χ1) is 4.83. The Morgan fingerprint density at radius 2 is 1.82 bits per heavy atom. The van der Waals surface area contributed by atoms with Gasteiger partial charge in [0, 0.05) is 0 Å². The molecule has 1 nitrogen and oxygen atoms in total. The van der Waals surface area contributed by atoms with Crippen molar-refractivity contribution in [3.63, 3.8) is 0 Å². The molecule has 68 valence electrons. The molecule has 0 rings (SSSR count). The molecular formula is C5H7Cl2F3O. The summed E-state index contributed by atoms with van der Waals surface area (Å²) in [5.41, 5.74) is -1.10. The summed E-state index contributed by atoms with van der Waals surface area (Å²) in [6, 6.07) is 0. The molecule has 0 N–H and O–H groups in total. The molecule has 0 saturated heterocycles. The number of halogens is 5. The molecule has 0 aromatic rings. The van der Waals surface area contributed by atoms with E-state index in [1.54, 1.807) is 0 Å². The first-order valence-electron chi connectivity index (χ1n) is 2.79.